The van der Waals surface area contributed by atoms with Crippen molar-refractivity contribution in [2.24, 2.45) is 0 Å². The second kappa shape index (κ2) is 3.98. The van der Waals surface area contributed by atoms with Gasteiger partial charge in [-0.15, -0.1) is 0 Å². The van der Waals surface area contributed by atoms with Crippen molar-refractivity contribution in [1.29, 1.82) is 0 Å². The minimum absolute atomic E-state index is 0.0773. The van der Waals surface area contributed by atoms with E-state index in [-0.39, 0.29) is 16.6 Å². The number of hydrogen-bond acceptors (Lipinski definition) is 3. The molecule has 0 fully saturated rings. The van der Waals surface area contributed by atoms with Crippen LogP contribution in [0.5, 0.6) is 0 Å². The molecule has 1 aromatic heterocycles. The Morgan fingerprint density at radius 3 is 2.44 bits per heavy atom. The molecule has 1 N–H and O–H groups in total. The summed E-state index contributed by atoms with van der Waals surface area (Å²) in [6, 6.07) is 6.25. The van der Waals surface area contributed by atoms with E-state index in [0.29, 0.717) is 11.0 Å². The smallest absolute Gasteiger partial charge is 0.371 e. The number of carboxylic acid groups (broad SMARTS) is 1. The number of rotatable bonds is 1. The molecule has 1 heterocycles. The molecule has 0 aliphatic heterocycles. The van der Waals surface area contributed by atoms with Crippen molar-refractivity contribution >= 4 is 16.9 Å². The fourth-order valence-corrected chi connectivity index (χ4v) is 1.73. The second-order valence-electron chi connectivity index (χ2n) is 5.24. The van der Waals surface area contributed by atoms with Gasteiger partial charge in [0.05, 0.1) is 5.39 Å². The second-order valence-corrected chi connectivity index (χ2v) is 5.24. The molecule has 0 saturated carbocycles. The van der Waals surface area contributed by atoms with Gasteiger partial charge < -0.3 is 9.52 Å². The van der Waals surface area contributed by atoms with E-state index in [9.17, 15) is 9.59 Å². The summed E-state index contributed by atoms with van der Waals surface area (Å²) in [6.45, 7) is 6.13. The highest BCUT2D eigenvalue weighted by Crippen LogP contribution is 2.25. The van der Waals surface area contributed by atoms with E-state index in [1.165, 1.54) is 0 Å². The van der Waals surface area contributed by atoms with Gasteiger partial charge in [0.1, 0.15) is 5.58 Å². The van der Waals surface area contributed by atoms with Crippen LogP contribution >= 0.6 is 0 Å². The van der Waals surface area contributed by atoms with Crippen LogP contribution in [0.1, 0.15) is 36.9 Å². The maximum Gasteiger partial charge on any atom is 0.371 e. The van der Waals surface area contributed by atoms with Gasteiger partial charge in [-0.25, -0.2) is 4.79 Å². The summed E-state index contributed by atoms with van der Waals surface area (Å²) in [7, 11) is 0. The molecule has 0 aliphatic rings. The van der Waals surface area contributed by atoms with Gasteiger partial charge in [0.2, 0.25) is 5.76 Å². The molecule has 4 heteroatoms. The highest BCUT2D eigenvalue weighted by atomic mass is 16.4. The summed E-state index contributed by atoms with van der Waals surface area (Å²) in [5, 5.41) is 9.23. The lowest BCUT2D eigenvalue weighted by atomic mass is 9.86. The van der Waals surface area contributed by atoms with Crippen LogP contribution in [0.3, 0.4) is 0 Å². The van der Waals surface area contributed by atoms with Gasteiger partial charge in [-0.05, 0) is 23.1 Å². The van der Waals surface area contributed by atoms with E-state index in [2.05, 4.69) is 0 Å². The first-order chi connectivity index (χ1) is 8.29. The lowest BCUT2D eigenvalue weighted by Gasteiger charge is -2.19. The van der Waals surface area contributed by atoms with Crippen molar-refractivity contribution in [1.82, 2.24) is 0 Å². The van der Waals surface area contributed by atoms with Gasteiger partial charge in [-0.3, -0.25) is 4.79 Å². The Hall–Kier alpha value is -2.10. The molecular formula is C14H14O4. The Labute approximate surface area is 104 Å². The molecule has 94 valence electrons. The number of benzene rings is 1. The fourth-order valence-electron chi connectivity index (χ4n) is 1.73. The Morgan fingerprint density at radius 1 is 1.22 bits per heavy atom. The summed E-state index contributed by atoms with van der Waals surface area (Å²) < 4.78 is 5.17. The van der Waals surface area contributed by atoms with Gasteiger partial charge in [0.25, 0.3) is 0 Å². The number of fused-ring (bicyclic) bond motifs is 1. The average molecular weight is 246 g/mol. The van der Waals surface area contributed by atoms with E-state index in [1.807, 2.05) is 26.8 Å². The van der Waals surface area contributed by atoms with Crippen LogP contribution in [0.25, 0.3) is 11.0 Å². The predicted octanol–water partition coefficient (Wildman–Crippen LogP) is 2.79. The Morgan fingerprint density at radius 2 is 1.89 bits per heavy atom. The summed E-state index contributed by atoms with van der Waals surface area (Å²) in [5.74, 6) is -1.58. The average Bonchev–Trinajstić information content (AvgIpc) is 2.27. The molecule has 2 rings (SSSR count). The Balaban J connectivity index is 2.74. The molecule has 0 saturated heterocycles. The zero-order valence-corrected chi connectivity index (χ0v) is 10.5. The van der Waals surface area contributed by atoms with Crippen LogP contribution in [-0.4, -0.2) is 11.1 Å². The molecule has 4 nitrogen and oxygen atoms in total. The van der Waals surface area contributed by atoms with Crippen molar-refractivity contribution in [3.63, 3.8) is 0 Å². The van der Waals surface area contributed by atoms with Crippen molar-refractivity contribution in [3.8, 4) is 0 Å². The molecule has 0 spiro atoms. The van der Waals surface area contributed by atoms with Gasteiger partial charge in [0, 0.05) is 6.07 Å². The molecule has 18 heavy (non-hydrogen) atoms. The number of aromatic carboxylic acids is 1. The topological polar surface area (TPSA) is 67.5 Å². The van der Waals surface area contributed by atoms with Gasteiger partial charge >= 0.3 is 5.97 Å². The highest BCUT2D eigenvalue weighted by molar-refractivity contribution is 5.87. The Bertz CT molecular complexity index is 674. The lowest BCUT2D eigenvalue weighted by Crippen LogP contribution is -2.12. The zero-order valence-electron chi connectivity index (χ0n) is 10.5. The normalized spacial score (nSPS) is 11.7. The van der Waals surface area contributed by atoms with Gasteiger partial charge in [-0.2, -0.15) is 0 Å². The molecule has 1 aromatic carbocycles. The summed E-state index contributed by atoms with van der Waals surface area (Å²) >= 11 is 0. The van der Waals surface area contributed by atoms with Gasteiger partial charge in [-0.1, -0.05) is 26.8 Å². The van der Waals surface area contributed by atoms with Crippen LogP contribution in [0.4, 0.5) is 0 Å². The standard InChI is InChI=1S/C14H14O4/c1-14(2,3)8-4-5-11-9(6-8)10(15)7-12(18-11)13(16)17/h4-7H,1-3H3,(H,16,17). The van der Waals surface area contributed by atoms with Gasteiger partial charge in [0.15, 0.2) is 5.43 Å². The van der Waals surface area contributed by atoms with E-state index >= 15 is 0 Å². The first kappa shape index (κ1) is 12.4. The minimum atomic E-state index is -1.24. The van der Waals surface area contributed by atoms with Crippen LogP contribution < -0.4 is 5.43 Å². The molecule has 0 atom stereocenters. The number of carboxylic acids is 1. The third-order valence-electron chi connectivity index (χ3n) is 2.80. The maximum absolute atomic E-state index is 11.9. The largest absolute Gasteiger partial charge is 0.475 e. The van der Waals surface area contributed by atoms with Crippen LogP contribution in [0.15, 0.2) is 33.5 Å². The van der Waals surface area contributed by atoms with Crippen molar-refractivity contribution in [3.05, 3.63) is 45.8 Å². The first-order valence-electron chi connectivity index (χ1n) is 5.61. The molecular weight excluding hydrogens is 232 g/mol. The van der Waals surface area contributed by atoms with Crippen molar-refractivity contribution < 1.29 is 14.3 Å². The predicted molar refractivity (Wildman–Crippen MR) is 68.1 cm³/mol. The van der Waals surface area contributed by atoms with Crippen LogP contribution in [-0.2, 0) is 5.41 Å². The third-order valence-corrected chi connectivity index (χ3v) is 2.80. The number of hydrogen-bond donors (Lipinski definition) is 1. The Kier molecular flexibility index (Phi) is 2.73. The highest BCUT2D eigenvalue weighted by Gasteiger charge is 2.16. The van der Waals surface area contributed by atoms with Crippen LogP contribution in [0.2, 0.25) is 0 Å². The van der Waals surface area contributed by atoms with E-state index in [4.69, 9.17) is 9.52 Å². The van der Waals surface area contributed by atoms with E-state index in [1.54, 1.807) is 12.1 Å². The maximum atomic E-state index is 11.9. The summed E-state index contributed by atoms with van der Waals surface area (Å²) in [5.41, 5.74) is 0.893. The molecule has 0 radical (unpaired) electrons. The molecule has 0 unspecified atom stereocenters. The molecule has 0 bridgehead atoms. The monoisotopic (exact) mass is 246 g/mol. The van der Waals surface area contributed by atoms with Crippen molar-refractivity contribution in [2.45, 2.75) is 26.2 Å². The first-order valence-corrected chi connectivity index (χ1v) is 5.61. The van der Waals surface area contributed by atoms with E-state index < -0.39 is 5.97 Å². The van der Waals surface area contributed by atoms with Crippen molar-refractivity contribution in [2.75, 3.05) is 0 Å². The zero-order chi connectivity index (χ0) is 13.5. The van der Waals surface area contributed by atoms with E-state index in [0.717, 1.165) is 11.6 Å². The SMILES string of the molecule is CC(C)(C)c1ccc2oc(C(=O)O)cc(=O)c2c1. The summed E-state index contributed by atoms with van der Waals surface area (Å²) in [6.07, 6.45) is 0. The number of carbonyl (C=O) groups is 1. The lowest BCUT2D eigenvalue weighted by molar-refractivity contribution is 0.0663. The third kappa shape index (κ3) is 2.14. The quantitative estimate of drug-likeness (QED) is 0.840. The minimum Gasteiger partial charge on any atom is -0.475 e. The summed E-state index contributed by atoms with van der Waals surface area (Å²) in [4.78, 5) is 22.7. The fraction of sp³-hybridized carbons (Fsp3) is 0.286. The molecule has 0 amide bonds. The van der Waals surface area contributed by atoms with Crippen LogP contribution in [0, 0.1) is 0 Å². The molecule has 2 aromatic rings. The molecule has 0 aliphatic carbocycles.